The summed E-state index contributed by atoms with van der Waals surface area (Å²) in [5.74, 6) is 1.06. The van der Waals surface area contributed by atoms with Gasteiger partial charge in [0.25, 0.3) is 5.91 Å². The van der Waals surface area contributed by atoms with Crippen molar-refractivity contribution in [1.29, 1.82) is 0 Å². The Morgan fingerprint density at radius 3 is 2.53 bits per heavy atom. The number of benzene rings is 1. The van der Waals surface area contributed by atoms with Crippen LogP contribution in [0.5, 0.6) is 0 Å². The smallest absolute Gasteiger partial charge is 0.253 e. The molecule has 2 rings (SSSR count). The van der Waals surface area contributed by atoms with Crippen molar-refractivity contribution in [3.05, 3.63) is 35.4 Å². The summed E-state index contributed by atoms with van der Waals surface area (Å²) < 4.78 is 0. The molecule has 1 fully saturated rings. The number of hydrogen-bond donors (Lipinski definition) is 2. The predicted molar refractivity (Wildman–Crippen MR) is 132 cm³/mol. The van der Waals surface area contributed by atoms with E-state index in [1.54, 1.807) is 19.0 Å². The molecular formula is C22H36IN5O2. The molecule has 0 aromatic heterocycles. The summed E-state index contributed by atoms with van der Waals surface area (Å²) in [6, 6.07) is 7.56. The van der Waals surface area contributed by atoms with Crippen LogP contribution in [0.1, 0.15) is 54.9 Å². The van der Waals surface area contributed by atoms with Gasteiger partial charge in [0.2, 0.25) is 5.91 Å². The maximum atomic E-state index is 12.1. The molecule has 0 aliphatic carbocycles. The van der Waals surface area contributed by atoms with Gasteiger partial charge in [0.1, 0.15) is 0 Å². The molecule has 1 heterocycles. The van der Waals surface area contributed by atoms with E-state index in [4.69, 9.17) is 0 Å². The molecule has 30 heavy (non-hydrogen) atoms. The van der Waals surface area contributed by atoms with Gasteiger partial charge in [-0.3, -0.25) is 9.59 Å². The molecule has 7 nitrogen and oxygen atoms in total. The Bertz CT molecular complexity index is 691. The number of nitrogens with one attached hydrogen (secondary N) is 2. The summed E-state index contributed by atoms with van der Waals surface area (Å²) in [6.07, 6.45) is 4.88. The summed E-state index contributed by atoms with van der Waals surface area (Å²) in [6.45, 7) is 5.82. The first-order valence-electron chi connectivity index (χ1n) is 10.6. The maximum absolute atomic E-state index is 12.1. The van der Waals surface area contributed by atoms with Gasteiger partial charge in [0, 0.05) is 52.3 Å². The van der Waals surface area contributed by atoms with E-state index in [1.807, 2.05) is 36.1 Å². The van der Waals surface area contributed by atoms with E-state index >= 15 is 0 Å². The number of carbonyl (C=O) groups excluding carboxylic acids is 2. The number of rotatable bonds is 8. The molecular weight excluding hydrogens is 493 g/mol. The number of amides is 2. The van der Waals surface area contributed by atoms with Crippen LogP contribution in [0.2, 0.25) is 0 Å². The monoisotopic (exact) mass is 529 g/mol. The first-order valence-corrected chi connectivity index (χ1v) is 10.6. The molecule has 2 amide bonds. The largest absolute Gasteiger partial charge is 0.357 e. The van der Waals surface area contributed by atoms with E-state index in [2.05, 4.69) is 15.6 Å². The Hall–Kier alpha value is -1.84. The second-order valence-electron chi connectivity index (χ2n) is 7.56. The molecule has 1 aliphatic heterocycles. The van der Waals surface area contributed by atoms with Crippen LogP contribution in [0.4, 0.5) is 0 Å². The Labute approximate surface area is 197 Å². The number of guanidine groups is 1. The molecule has 0 atom stereocenters. The molecule has 168 valence electrons. The number of carbonyl (C=O) groups is 2. The van der Waals surface area contributed by atoms with Crippen LogP contribution in [-0.2, 0) is 11.3 Å². The van der Waals surface area contributed by atoms with E-state index in [-0.39, 0.29) is 29.9 Å². The van der Waals surface area contributed by atoms with Gasteiger partial charge in [-0.25, -0.2) is 4.99 Å². The van der Waals surface area contributed by atoms with E-state index < -0.39 is 0 Å². The lowest BCUT2D eigenvalue weighted by Crippen LogP contribution is -2.39. The number of nitrogens with zero attached hydrogens (tertiary/aromatic N) is 3. The molecule has 8 heteroatoms. The fraction of sp³-hybridized carbons (Fsp3) is 0.591. The van der Waals surface area contributed by atoms with Crippen LogP contribution >= 0.6 is 24.0 Å². The molecule has 0 bridgehead atoms. The van der Waals surface area contributed by atoms with Gasteiger partial charge in [-0.15, -0.1) is 24.0 Å². The fourth-order valence-electron chi connectivity index (χ4n) is 3.27. The molecule has 1 saturated heterocycles. The molecule has 0 radical (unpaired) electrons. The van der Waals surface area contributed by atoms with Crippen molar-refractivity contribution >= 4 is 41.8 Å². The van der Waals surface area contributed by atoms with E-state index in [9.17, 15) is 9.59 Å². The topological polar surface area (TPSA) is 77.0 Å². The molecule has 2 N–H and O–H groups in total. The molecule has 0 unspecified atom stereocenters. The summed E-state index contributed by atoms with van der Waals surface area (Å²) in [5.41, 5.74) is 1.73. The Balaban J connectivity index is 0.00000450. The first-order chi connectivity index (χ1) is 14.0. The highest BCUT2D eigenvalue weighted by Gasteiger charge is 2.15. The van der Waals surface area contributed by atoms with Gasteiger partial charge in [0.15, 0.2) is 5.96 Å². The summed E-state index contributed by atoms with van der Waals surface area (Å²) in [7, 11) is 3.50. The van der Waals surface area contributed by atoms with Gasteiger partial charge < -0.3 is 20.4 Å². The van der Waals surface area contributed by atoms with Gasteiger partial charge in [-0.2, -0.15) is 0 Å². The van der Waals surface area contributed by atoms with Crippen molar-refractivity contribution in [2.75, 3.05) is 40.3 Å². The Morgan fingerprint density at radius 1 is 1.13 bits per heavy atom. The molecule has 0 saturated carbocycles. The molecule has 1 aromatic carbocycles. The van der Waals surface area contributed by atoms with Gasteiger partial charge in [-0.05, 0) is 43.9 Å². The second-order valence-corrected chi connectivity index (χ2v) is 7.56. The highest BCUT2D eigenvalue weighted by molar-refractivity contribution is 14.0. The van der Waals surface area contributed by atoms with Crippen LogP contribution in [0, 0.1) is 0 Å². The first kappa shape index (κ1) is 26.2. The lowest BCUT2D eigenvalue weighted by atomic mass is 10.1. The second kappa shape index (κ2) is 14.2. The van der Waals surface area contributed by atoms with Crippen LogP contribution in [0.15, 0.2) is 29.3 Å². The SMILES string of the molecule is CCNC(=NCc1ccc(C(=O)N(C)C)cc1)NCCCN1CCCCCC1=O.I. The van der Waals surface area contributed by atoms with Crippen molar-refractivity contribution in [1.82, 2.24) is 20.4 Å². The zero-order valence-electron chi connectivity index (χ0n) is 18.4. The standard InChI is InChI=1S/C22H35N5O2.HI/c1-4-23-22(24-14-8-16-27-15-7-5-6-9-20(27)28)25-17-18-10-12-19(13-11-18)21(29)26(2)3;/h10-13H,4-9,14-17H2,1-3H3,(H2,23,24,25);1H. The summed E-state index contributed by atoms with van der Waals surface area (Å²) in [5, 5.41) is 6.60. The van der Waals surface area contributed by atoms with Crippen LogP contribution < -0.4 is 10.6 Å². The van der Waals surface area contributed by atoms with Crippen molar-refractivity contribution in [2.24, 2.45) is 4.99 Å². The minimum absolute atomic E-state index is 0. The number of aliphatic imine (C=N–C) groups is 1. The lowest BCUT2D eigenvalue weighted by molar-refractivity contribution is -0.130. The summed E-state index contributed by atoms with van der Waals surface area (Å²) in [4.78, 5) is 32.2. The van der Waals surface area contributed by atoms with Crippen molar-refractivity contribution in [3.63, 3.8) is 0 Å². The zero-order valence-corrected chi connectivity index (χ0v) is 20.8. The minimum atomic E-state index is -0.00190. The van der Waals surface area contributed by atoms with Crippen molar-refractivity contribution < 1.29 is 9.59 Å². The van der Waals surface area contributed by atoms with Crippen LogP contribution in [-0.4, -0.2) is 67.8 Å². The lowest BCUT2D eigenvalue weighted by Gasteiger charge is -2.20. The third-order valence-electron chi connectivity index (χ3n) is 4.94. The normalized spacial score (nSPS) is 14.6. The highest BCUT2D eigenvalue weighted by Crippen LogP contribution is 2.11. The number of hydrogen-bond acceptors (Lipinski definition) is 3. The van der Waals surface area contributed by atoms with Crippen LogP contribution in [0.25, 0.3) is 0 Å². The maximum Gasteiger partial charge on any atom is 0.253 e. The third-order valence-corrected chi connectivity index (χ3v) is 4.94. The number of likely N-dealkylation sites (tertiary alicyclic amines) is 1. The zero-order chi connectivity index (χ0) is 21.1. The average molecular weight is 529 g/mol. The molecule has 1 aliphatic rings. The average Bonchev–Trinajstić information content (AvgIpc) is 2.93. The van der Waals surface area contributed by atoms with E-state index in [1.165, 1.54) is 0 Å². The van der Waals surface area contributed by atoms with E-state index in [0.29, 0.717) is 24.4 Å². The van der Waals surface area contributed by atoms with Gasteiger partial charge >= 0.3 is 0 Å². The number of halogens is 1. The predicted octanol–water partition coefficient (Wildman–Crippen LogP) is 2.85. The summed E-state index contributed by atoms with van der Waals surface area (Å²) >= 11 is 0. The Kier molecular flexibility index (Phi) is 12.4. The minimum Gasteiger partial charge on any atom is -0.357 e. The third kappa shape index (κ3) is 8.89. The Morgan fingerprint density at radius 2 is 1.87 bits per heavy atom. The van der Waals surface area contributed by atoms with E-state index in [0.717, 1.165) is 63.4 Å². The van der Waals surface area contributed by atoms with Gasteiger partial charge in [0.05, 0.1) is 6.54 Å². The molecule has 0 spiro atoms. The van der Waals surface area contributed by atoms with Crippen molar-refractivity contribution in [3.8, 4) is 0 Å². The van der Waals surface area contributed by atoms with Crippen LogP contribution in [0.3, 0.4) is 0 Å². The fourth-order valence-corrected chi connectivity index (χ4v) is 3.27. The molecule has 1 aromatic rings. The highest BCUT2D eigenvalue weighted by atomic mass is 127. The van der Waals surface area contributed by atoms with Crippen molar-refractivity contribution in [2.45, 2.75) is 45.6 Å². The van der Waals surface area contributed by atoms with Gasteiger partial charge in [-0.1, -0.05) is 18.6 Å². The quantitative estimate of drug-likeness (QED) is 0.235.